The molecule has 1 aliphatic heterocycles. The van der Waals surface area contributed by atoms with Crippen molar-refractivity contribution in [2.24, 2.45) is 0 Å². The highest BCUT2D eigenvalue weighted by atomic mass is 32.2. The second-order valence-corrected chi connectivity index (χ2v) is 9.21. The summed E-state index contributed by atoms with van der Waals surface area (Å²) in [5.41, 5.74) is 0.343. The first-order valence-electron chi connectivity index (χ1n) is 6.78. The fraction of sp³-hybridized carbons (Fsp3) is 0.538. The van der Waals surface area contributed by atoms with Crippen LogP contribution in [0.15, 0.2) is 24.3 Å². The summed E-state index contributed by atoms with van der Waals surface area (Å²) in [6, 6.07) is 6.73. The lowest BCUT2D eigenvalue weighted by molar-refractivity contribution is 0.319. The van der Waals surface area contributed by atoms with Crippen LogP contribution in [0.5, 0.6) is 5.75 Å². The van der Waals surface area contributed by atoms with Crippen molar-refractivity contribution in [3.63, 3.8) is 0 Å². The molecular weight excluding hydrogens is 314 g/mol. The molecular formula is C13H19NO5S2. The quantitative estimate of drug-likeness (QED) is 0.850. The minimum atomic E-state index is -3.74. The summed E-state index contributed by atoms with van der Waals surface area (Å²) >= 11 is 0. The van der Waals surface area contributed by atoms with Crippen LogP contribution < -0.4 is 9.46 Å². The van der Waals surface area contributed by atoms with Crippen LogP contribution in [0.25, 0.3) is 0 Å². The first kappa shape index (κ1) is 16.1. The molecule has 0 bridgehead atoms. The number of para-hydroxylation sites is 2. The third kappa shape index (κ3) is 4.10. The van der Waals surface area contributed by atoms with Gasteiger partial charge in [0.25, 0.3) is 0 Å². The molecule has 0 spiro atoms. The Morgan fingerprint density at radius 3 is 2.67 bits per heavy atom. The first-order valence-corrected chi connectivity index (χ1v) is 10.1. The van der Waals surface area contributed by atoms with Gasteiger partial charge in [-0.3, -0.25) is 4.72 Å². The van der Waals surface area contributed by atoms with Crippen LogP contribution in [0.2, 0.25) is 0 Å². The van der Waals surface area contributed by atoms with Crippen molar-refractivity contribution in [1.82, 2.24) is 0 Å². The van der Waals surface area contributed by atoms with E-state index in [0.29, 0.717) is 18.0 Å². The third-order valence-electron chi connectivity index (χ3n) is 3.23. The summed E-state index contributed by atoms with van der Waals surface area (Å²) in [7, 11) is -6.99. The van der Waals surface area contributed by atoms with Crippen LogP contribution >= 0.6 is 0 Å². The lowest BCUT2D eigenvalue weighted by Gasteiger charge is -2.15. The topological polar surface area (TPSA) is 89.5 Å². The van der Waals surface area contributed by atoms with E-state index in [1.807, 2.05) is 6.92 Å². The van der Waals surface area contributed by atoms with E-state index in [1.165, 1.54) is 0 Å². The van der Waals surface area contributed by atoms with Crippen LogP contribution in [-0.4, -0.2) is 40.2 Å². The Bertz CT molecular complexity index is 697. The van der Waals surface area contributed by atoms with Crippen molar-refractivity contribution in [1.29, 1.82) is 0 Å². The molecule has 1 aromatic rings. The van der Waals surface area contributed by atoms with Crippen molar-refractivity contribution in [3.8, 4) is 5.75 Å². The maximum Gasteiger partial charge on any atom is 0.236 e. The lowest BCUT2D eigenvalue weighted by Crippen LogP contribution is -2.29. The number of sulfone groups is 1. The van der Waals surface area contributed by atoms with E-state index >= 15 is 0 Å². The molecule has 0 unspecified atom stereocenters. The Labute approximate surface area is 125 Å². The molecule has 1 atom stereocenters. The molecule has 0 aliphatic carbocycles. The molecule has 1 heterocycles. The van der Waals surface area contributed by atoms with E-state index < -0.39 is 25.1 Å². The second-order valence-electron chi connectivity index (χ2n) is 5.02. The van der Waals surface area contributed by atoms with Crippen LogP contribution in [0.4, 0.5) is 5.69 Å². The molecule has 118 valence electrons. The van der Waals surface area contributed by atoms with Gasteiger partial charge in [-0.05, 0) is 25.0 Å². The average molecular weight is 333 g/mol. The Balaban J connectivity index is 2.17. The SMILES string of the molecule is CCCOc1ccccc1NS(=O)(=O)[C@@H]1CCS(=O)(=O)C1. The Morgan fingerprint density at radius 1 is 1.33 bits per heavy atom. The maximum atomic E-state index is 12.3. The van der Waals surface area contributed by atoms with Gasteiger partial charge in [0.2, 0.25) is 10.0 Å². The molecule has 1 N–H and O–H groups in total. The largest absolute Gasteiger partial charge is 0.491 e. The van der Waals surface area contributed by atoms with Gasteiger partial charge in [0.05, 0.1) is 29.0 Å². The Morgan fingerprint density at radius 2 is 2.05 bits per heavy atom. The van der Waals surface area contributed by atoms with Crippen LogP contribution in [-0.2, 0) is 19.9 Å². The van der Waals surface area contributed by atoms with Gasteiger partial charge >= 0.3 is 0 Å². The number of benzene rings is 1. The standard InChI is InChI=1S/C13H19NO5S2/c1-2-8-19-13-6-4-3-5-12(13)14-21(17,18)11-7-9-20(15,16)10-11/h3-6,11,14H,2,7-10H2,1H3/t11-/m1/s1. The lowest BCUT2D eigenvalue weighted by atomic mass is 10.3. The van der Waals surface area contributed by atoms with Crippen LogP contribution in [0.3, 0.4) is 0 Å². The summed E-state index contributed by atoms with van der Waals surface area (Å²) in [6.07, 6.45) is 0.942. The predicted octanol–water partition coefficient (Wildman–Crippen LogP) is 1.40. The van der Waals surface area contributed by atoms with Crippen LogP contribution in [0.1, 0.15) is 19.8 Å². The molecule has 6 nitrogen and oxygen atoms in total. The molecule has 0 radical (unpaired) electrons. The first-order chi connectivity index (χ1) is 9.84. The summed E-state index contributed by atoms with van der Waals surface area (Å²) in [5.74, 6) is 0.0520. The summed E-state index contributed by atoms with van der Waals surface area (Å²) in [4.78, 5) is 0. The Hall–Kier alpha value is -1.28. The average Bonchev–Trinajstić information content (AvgIpc) is 2.79. The molecule has 0 aromatic heterocycles. The normalized spacial score (nSPS) is 21.1. The summed E-state index contributed by atoms with van der Waals surface area (Å²) in [6.45, 7) is 2.44. The van der Waals surface area contributed by atoms with E-state index in [2.05, 4.69) is 4.72 Å². The molecule has 1 saturated heterocycles. The van der Waals surface area contributed by atoms with Gasteiger partial charge in [0.15, 0.2) is 9.84 Å². The molecule has 1 fully saturated rings. The maximum absolute atomic E-state index is 12.3. The van der Waals surface area contributed by atoms with Crippen LogP contribution in [0, 0.1) is 0 Å². The number of nitrogens with one attached hydrogen (secondary N) is 1. The molecule has 1 aliphatic rings. The predicted molar refractivity (Wildman–Crippen MR) is 81.8 cm³/mol. The number of rotatable bonds is 6. The fourth-order valence-corrected chi connectivity index (χ4v) is 6.23. The van der Waals surface area contributed by atoms with Crippen molar-refractivity contribution < 1.29 is 21.6 Å². The van der Waals surface area contributed by atoms with Gasteiger partial charge < -0.3 is 4.74 Å². The number of sulfonamides is 1. The highest BCUT2D eigenvalue weighted by Gasteiger charge is 2.37. The van der Waals surface area contributed by atoms with E-state index in [0.717, 1.165) is 6.42 Å². The summed E-state index contributed by atoms with van der Waals surface area (Å²) in [5, 5.41) is -0.901. The molecule has 8 heteroatoms. The van der Waals surface area contributed by atoms with Gasteiger partial charge in [0, 0.05) is 0 Å². The zero-order chi connectivity index (χ0) is 15.5. The fourth-order valence-electron chi connectivity index (χ4n) is 2.13. The van der Waals surface area contributed by atoms with Gasteiger partial charge in [-0.1, -0.05) is 19.1 Å². The Kier molecular flexibility index (Phi) is 4.77. The molecule has 2 rings (SSSR count). The van der Waals surface area contributed by atoms with Crippen molar-refractivity contribution in [2.45, 2.75) is 25.0 Å². The van der Waals surface area contributed by atoms with Crippen molar-refractivity contribution >= 4 is 25.5 Å². The monoisotopic (exact) mass is 333 g/mol. The number of hydrogen-bond acceptors (Lipinski definition) is 5. The smallest absolute Gasteiger partial charge is 0.236 e. The molecule has 0 amide bonds. The number of ether oxygens (including phenoxy) is 1. The van der Waals surface area contributed by atoms with Crippen molar-refractivity contribution in [3.05, 3.63) is 24.3 Å². The highest BCUT2D eigenvalue weighted by Crippen LogP contribution is 2.28. The van der Waals surface area contributed by atoms with Gasteiger partial charge in [-0.15, -0.1) is 0 Å². The van der Waals surface area contributed by atoms with Gasteiger partial charge in [-0.25, -0.2) is 16.8 Å². The number of anilines is 1. The minimum absolute atomic E-state index is 0.0768. The van der Waals surface area contributed by atoms with E-state index in [1.54, 1.807) is 24.3 Å². The zero-order valence-corrected chi connectivity index (χ0v) is 13.4. The summed E-state index contributed by atoms with van der Waals surface area (Å²) < 4.78 is 55.4. The zero-order valence-electron chi connectivity index (χ0n) is 11.8. The second kappa shape index (κ2) is 6.23. The third-order valence-corrected chi connectivity index (χ3v) is 6.99. The molecule has 0 saturated carbocycles. The minimum Gasteiger partial charge on any atom is -0.491 e. The number of hydrogen-bond donors (Lipinski definition) is 1. The molecule has 21 heavy (non-hydrogen) atoms. The highest BCUT2D eigenvalue weighted by molar-refractivity contribution is 7.97. The van der Waals surface area contributed by atoms with Crippen molar-refractivity contribution in [2.75, 3.05) is 22.8 Å². The van der Waals surface area contributed by atoms with Gasteiger partial charge in [0.1, 0.15) is 5.75 Å². The van der Waals surface area contributed by atoms with Gasteiger partial charge in [-0.2, -0.15) is 0 Å². The van der Waals surface area contributed by atoms with E-state index in [4.69, 9.17) is 4.74 Å². The van der Waals surface area contributed by atoms with E-state index in [-0.39, 0.29) is 17.9 Å². The van der Waals surface area contributed by atoms with E-state index in [9.17, 15) is 16.8 Å². The molecule has 1 aromatic carbocycles.